The topological polar surface area (TPSA) is 73.1 Å². The van der Waals surface area contributed by atoms with Gasteiger partial charge in [-0.1, -0.05) is 6.58 Å². The number of hydrogen-bond donors (Lipinski definition) is 2. The Morgan fingerprint density at radius 2 is 2.00 bits per heavy atom. The summed E-state index contributed by atoms with van der Waals surface area (Å²) < 4.78 is 37.9. The van der Waals surface area contributed by atoms with Gasteiger partial charge in [0.05, 0.1) is 5.56 Å². The number of nitrogens with zero attached hydrogens (tertiary/aromatic N) is 1. The van der Waals surface area contributed by atoms with Gasteiger partial charge < -0.3 is 10.4 Å². The van der Waals surface area contributed by atoms with Crippen molar-refractivity contribution < 1.29 is 23.1 Å². The summed E-state index contributed by atoms with van der Waals surface area (Å²) in [7, 11) is 0. The van der Waals surface area contributed by atoms with Crippen LogP contribution in [0.3, 0.4) is 0 Å². The first-order valence-electron chi connectivity index (χ1n) is 6.06. The molecule has 0 bridgehead atoms. The normalized spacial score (nSPS) is 12.2. The number of carbonyl (C=O) groups excluding carboxylic acids is 1. The number of aliphatic hydroxyl groups excluding tert-OH is 1. The van der Waals surface area contributed by atoms with Crippen molar-refractivity contribution in [2.45, 2.75) is 20.0 Å². The SMILES string of the molecule is C=C(C)C(O)=C(C#N)C(=O)Nc1ccc(C(F)(F)F)c(C)c1. The Morgan fingerprint density at radius 1 is 1.41 bits per heavy atom. The lowest BCUT2D eigenvalue weighted by atomic mass is 10.1. The molecule has 0 radical (unpaired) electrons. The predicted octanol–water partition coefficient (Wildman–Crippen LogP) is 3.86. The molecule has 0 heterocycles. The van der Waals surface area contributed by atoms with E-state index in [9.17, 15) is 23.1 Å². The van der Waals surface area contributed by atoms with Crippen LogP contribution in [-0.4, -0.2) is 11.0 Å². The molecular weight excluding hydrogens is 297 g/mol. The third-order valence-corrected chi connectivity index (χ3v) is 2.77. The molecule has 0 saturated heterocycles. The molecule has 1 aromatic carbocycles. The zero-order chi connectivity index (χ0) is 17.1. The summed E-state index contributed by atoms with van der Waals surface area (Å²) in [6.45, 7) is 6.06. The fourth-order valence-corrected chi connectivity index (χ4v) is 1.68. The van der Waals surface area contributed by atoms with Crippen LogP contribution < -0.4 is 5.32 Å². The molecule has 0 unspecified atom stereocenters. The molecule has 22 heavy (non-hydrogen) atoms. The minimum atomic E-state index is -4.48. The van der Waals surface area contributed by atoms with E-state index < -0.39 is 29.0 Å². The van der Waals surface area contributed by atoms with Crippen LogP contribution in [0.2, 0.25) is 0 Å². The molecule has 0 aliphatic carbocycles. The van der Waals surface area contributed by atoms with E-state index in [2.05, 4.69) is 11.9 Å². The van der Waals surface area contributed by atoms with Crippen molar-refractivity contribution in [3.8, 4) is 6.07 Å². The lowest BCUT2D eigenvalue weighted by molar-refractivity contribution is -0.138. The number of amides is 1. The van der Waals surface area contributed by atoms with Gasteiger partial charge in [0.25, 0.3) is 5.91 Å². The van der Waals surface area contributed by atoms with Crippen LogP contribution >= 0.6 is 0 Å². The van der Waals surface area contributed by atoms with Crippen molar-refractivity contribution in [3.05, 3.63) is 52.8 Å². The zero-order valence-corrected chi connectivity index (χ0v) is 11.9. The molecule has 0 fully saturated rings. The van der Waals surface area contributed by atoms with E-state index in [1.54, 1.807) is 0 Å². The zero-order valence-electron chi connectivity index (χ0n) is 11.9. The minimum Gasteiger partial charge on any atom is -0.506 e. The number of alkyl halides is 3. The largest absolute Gasteiger partial charge is 0.506 e. The lowest BCUT2D eigenvalue weighted by Crippen LogP contribution is -2.16. The van der Waals surface area contributed by atoms with Gasteiger partial charge >= 0.3 is 6.18 Å². The molecule has 7 heteroatoms. The van der Waals surface area contributed by atoms with Crippen LogP contribution in [0, 0.1) is 18.3 Å². The summed E-state index contributed by atoms with van der Waals surface area (Å²) in [6.07, 6.45) is -4.48. The van der Waals surface area contributed by atoms with Gasteiger partial charge in [0.1, 0.15) is 11.8 Å². The lowest BCUT2D eigenvalue weighted by Gasteiger charge is -2.12. The quantitative estimate of drug-likeness (QED) is 0.385. The Balaban J connectivity index is 3.09. The summed E-state index contributed by atoms with van der Waals surface area (Å²) in [4.78, 5) is 11.9. The number of allylic oxidation sites excluding steroid dienone is 1. The monoisotopic (exact) mass is 310 g/mol. The van der Waals surface area contributed by atoms with Gasteiger partial charge in [-0.2, -0.15) is 18.4 Å². The van der Waals surface area contributed by atoms with E-state index in [1.807, 2.05) is 0 Å². The van der Waals surface area contributed by atoms with Crippen molar-refractivity contribution in [1.29, 1.82) is 5.26 Å². The Labute approximate surface area is 125 Å². The number of carbonyl (C=O) groups is 1. The predicted molar refractivity (Wildman–Crippen MR) is 74.9 cm³/mol. The van der Waals surface area contributed by atoms with Crippen LogP contribution in [0.5, 0.6) is 0 Å². The van der Waals surface area contributed by atoms with Crippen molar-refractivity contribution in [3.63, 3.8) is 0 Å². The van der Waals surface area contributed by atoms with E-state index in [-0.39, 0.29) is 16.8 Å². The summed E-state index contributed by atoms with van der Waals surface area (Å²) >= 11 is 0. The second-order valence-corrected chi connectivity index (χ2v) is 4.60. The molecule has 4 nitrogen and oxygen atoms in total. The molecule has 0 saturated carbocycles. The molecule has 0 aromatic heterocycles. The number of nitriles is 1. The van der Waals surface area contributed by atoms with Gasteiger partial charge in [-0.3, -0.25) is 4.79 Å². The Morgan fingerprint density at radius 3 is 2.41 bits per heavy atom. The van der Waals surface area contributed by atoms with Gasteiger partial charge in [0.15, 0.2) is 5.57 Å². The Hall–Kier alpha value is -2.75. The number of halogens is 3. The third kappa shape index (κ3) is 3.88. The summed E-state index contributed by atoms with van der Waals surface area (Å²) in [5, 5.41) is 20.7. The van der Waals surface area contributed by atoms with Gasteiger partial charge in [0, 0.05) is 5.69 Å². The van der Waals surface area contributed by atoms with E-state index in [4.69, 9.17) is 5.26 Å². The van der Waals surface area contributed by atoms with E-state index in [0.717, 1.165) is 18.2 Å². The summed E-state index contributed by atoms with van der Waals surface area (Å²) in [5.74, 6) is -1.49. The maximum atomic E-state index is 12.6. The number of aryl methyl sites for hydroxylation is 1. The van der Waals surface area contributed by atoms with Crippen molar-refractivity contribution in [2.24, 2.45) is 0 Å². The molecule has 116 valence electrons. The van der Waals surface area contributed by atoms with Crippen LogP contribution in [0.4, 0.5) is 18.9 Å². The van der Waals surface area contributed by atoms with E-state index in [0.29, 0.717) is 0 Å². The van der Waals surface area contributed by atoms with Gasteiger partial charge in [-0.05, 0) is 43.2 Å². The Bertz CT molecular complexity index is 698. The highest BCUT2D eigenvalue weighted by Crippen LogP contribution is 2.32. The third-order valence-electron chi connectivity index (χ3n) is 2.77. The van der Waals surface area contributed by atoms with E-state index >= 15 is 0 Å². The van der Waals surface area contributed by atoms with Gasteiger partial charge in [0.2, 0.25) is 0 Å². The molecule has 0 spiro atoms. The second kappa shape index (κ2) is 6.35. The highest BCUT2D eigenvalue weighted by atomic mass is 19.4. The summed E-state index contributed by atoms with van der Waals surface area (Å²) in [6, 6.07) is 4.57. The van der Waals surface area contributed by atoms with Crippen LogP contribution in [-0.2, 0) is 11.0 Å². The van der Waals surface area contributed by atoms with Crippen molar-refractivity contribution in [2.75, 3.05) is 5.32 Å². The standard InChI is InChI=1S/C15H13F3N2O2/c1-8(2)13(21)11(7-19)14(22)20-10-4-5-12(9(3)6-10)15(16,17)18/h4-6,21H,1H2,2-3H3,(H,20,22). The number of hydrogen-bond acceptors (Lipinski definition) is 3. The van der Waals surface area contributed by atoms with E-state index in [1.165, 1.54) is 19.9 Å². The molecule has 2 N–H and O–H groups in total. The van der Waals surface area contributed by atoms with Crippen molar-refractivity contribution >= 4 is 11.6 Å². The first kappa shape index (κ1) is 17.3. The Kier molecular flexibility index (Phi) is 4.99. The summed E-state index contributed by atoms with van der Waals surface area (Å²) in [5.41, 5.74) is -1.25. The fraction of sp³-hybridized carbons (Fsp3) is 0.200. The molecule has 1 amide bonds. The average Bonchev–Trinajstić information content (AvgIpc) is 2.37. The van der Waals surface area contributed by atoms with Crippen molar-refractivity contribution in [1.82, 2.24) is 0 Å². The maximum Gasteiger partial charge on any atom is 0.416 e. The first-order chi connectivity index (χ1) is 10.1. The number of anilines is 1. The second-order valence-electron chi connectivity index (χ2n) is 4.60. The van der Waals surface area contributed by atoms with Crippen LogP contribution in [0.1, 0.15) is 18.1 Å². The highest BCUT2D eigenvalue weighted by molar-refractivity contribution is 6.07. The number of benzene rings is 1. The van der Waals surface area contributed by atoms with Gasteiger partial charge in [-0.15, -0.1) is 0 Å². The van der Waals surface area contributed by atoms with Gasteiger partial charge in [-0.25, -0.2) is 0 Å². The minimum absolute atomic E-state index is 0.0723. The first-order valence-corrected chi connectivity index (χ1v) is 6.06. The molecule has 1 aromatic rings. The molecule has 1 rings (SSSR count). The molecule has 0 aliphatic heterocycles. The van der Waals surface area contributed by atoms with Crippen LogP contribution in [0.15, 0.2) is 41.7 Å². The number of aliphatic hydroxyl groups is 1. The maximum absolute atomic E-state index is 12.6. The van der Waals surface area contributed by atoms with Crippen LogP contribution in [0.25, 0.3) is 0 Å². The fourth-order valence-electron chi connectivity index (χ4n) is 1.68. The molecule has 0 aliphatic rings. The smallest absolute Gasteiger partial charge is 0.416 e. The number of rotatable bonds is 3. The average molecular weight is 310 g/mol. The number of nitrogens with one attached hydrogen (secondary N) is 1. The molecule has 0 atom stereocenters. The molecular formula is C15H13F3N2O2. The highest BCUT2D eigenvalue weighted by Gasteiger charge is 2.32.